The zero-order chi connectivity index (χ0) is 19.5. The molecule has 2 N–H and O–H groups in total. The van der Waals surface area contributed by atoms with Crippen LogP contribution < -0.4 is 5.32 Å². The maximum Gasteiger partial charge on any atom is 0.277 e. The van der Waals surface area contributed by atoms with Gasteiger partial charge in [-0.15, -0.1) is 0 Å². The number of fused-ring (bicyclic) bond motifs is 1. The topological polar surface area (TPSA) is 119 Å². The van der Waals surface area contributed by atoms with Crippen LogP contribution in [0.1, 0.15) is 16.1 Å². The van der Waals surface area contributed by atoms with E-state index in [0.717, 1.165) is 6.42 Å². The number of aryl methyl sites for hydroxylation is 2. The van der Waals surface area contributed by atoms with Crippen LogP contribution in [0.4, 0.5) is 11.5 Å². The molecule has 0 atom stereocenters. The van der Waals surface area contributed by atoms with Gasteiger partial charge in [0.1, 0.15) is 5.82 Å². The van der Waals surface area contributed by atoms with Gasteiger partial charge in [0.25, 0.3) is 11.6 Å². The number of hydrogen-bond donors (Lipinski definition) is 2. The summed E-state index contributed by atoms with van der Waals surface area (Å²) < 4.78 is 1.70. The minimum absolute atomic E-state index is 0.0921. The number of H-pyrrole nitrogens is 1. The van der Waals surface area contributed by atoms with E-state index in [9.17, 15) is 14.9 Å². The molecule has 2 aromatic carbocycles. The summed E-state index contributed by atoms with van der Waals surface area (Å²) in [6.45, 7) is 0.597. The standard InChI is InChI=1S/C19H16N6O3/c26-19(18-15-12-14(25(27)28)6-7-16(15)22-23-18)21-17-8-10-20-24(17)11-9-13-4-2-1-3-5-13/h1-8,10,12H,9,11H2,(H,21,26)(H,22,23). The van der Waals surface area contributed by atoms with Crippen LogP contribution in [0.5, 0.6) is 0 Å². The van der Waals surface area contributed by atoms with Crippen molar-refractivity contribution in [3.05, 3.63) is 82.2 Å². The molecule has 0 aliphatic heterocycles. The molecule has 9 nitrogen and oxygen atoms in total. The van der Waals surface area contributed by atoms with Gasteiger partial charge in [0, 0.05) is 30.1 Å². The van der Waals surface area contributed by atoms with Crippen LogP contribution in [-0.4, -0.2) is 30.8 Å². The third-order valence-electron chi connectivity index (χ3n) is 4.39. The van der Waals surface area contributed by atoms with Crippen LogP contribution in [-0.2, 0) is 13.0 Å². The second-order valence-corrected chi connectivity index (χ2v) is 6.19. The van der Waals surface area contributed by atoms with Gasteiger partial charge in [-0.2, -0.15) is 10.2 Å². The highest BCUT2D eigenvalue weighted by Gasteiger charge is 2.18. The van der Waals surface area contributed by atoms with Crippen LogP contribution in [0.15, 0.2) is 60.8 Å². The lowest BCUT2D eigenvalue weighted by atomic mass is 10.1. The van der Waals surface area contributed by atoms with Crippen molar-refractivity contribution in [3.63, 3.8) is 0 Å². The maximum atomic E-state index is 12.7. The molecule has 9 heteroatoms. The lowest BCUT2D eigenvalue weighted by Gasteiger charge is -2.08. The maximum absolute atomic E-state index is 12.7. The summed E-state index contributed by atoms with van der Waals surface area (Å²) >= 11 is 0. The highest BCUT2D eigenvalue weighted by Crippen LogP contribution is 2.23. The second kappa shape index (κ2) is 7.31. The van der Waals surface area contributed by atoms with Crippen molar-refractivity contribution in [1.29, 1.82) is 0 Å². The summed E-state index contributed by atoms with van der Waals surface area (Å²) in [4.78, 5) is 23.2. The third-order valence-corrected chi connectivity index (χ3v) is 4.39. The summed E-state index contributed by atoms with van der Waals surface area (Å²) in [5, 5.41) is 25.2. The van der Waals surface area contributed by atoms with Crippen molar-refractivity contribution >= 4 is 28.3 Å². The Balaban J connectivity index is 1.53. The van der Waals surface area contributed by atoms with Gasteiger partial charge in [-0.25, -0.2) is 4.68 Å². The first-order valence-corrected chi connectivity index (χ1v) is 8.61. The molecule has 4 aromatic rings. The molecular formula is C19H16N6O3. The van der Waals surface area contributed by atoms with Crippen LogP contribution in [0.25, 0.3) is 10.9 Å². The van der Waals surface area contributed by atoms with E-state index in [0.29, 0.717) is 23.3 Å². The fourth-order valence-electron chi connectivity index (χ4n) is 2.96. The quantitative estimate of drug-likeness (QED) is 0.396. The molecule has 4 rings (SSSR count). The monoisotopic (exact) mass is 376 g/mol. The lowest BCUT2D eigenvalue weighted by Crippen LogP contribution is -2.17. The summed E-state index contributed by atoms with van der Waals surface area (Å²) in [5.74, 6) is 0.0655. The van der Waals surface area contributed by atoms with Crippen molar-refractivity contribution in [2.45, 2.75) is 13.0 Å². The Morgan fingerprint density at radius 2 is 2.00 bits per heavy atom. The molecular weight excluding hydrogens is 360 g/mol. The number of non-ortho nitro benzene ring substituents is 1. The zero-order valence-electron chi connectivity index (χ0n) is 14.7. The molecule has 2 heterocycles. The van der Waals surface area contributed by atoms with Crippen molar-refractivity contribution in [1.82, 2.24) is 20.0 Å². The number of nitrogens with one attached hydrogen (secondary N) is 2. The van der Waals surface area contributed by atoms with Gasteiger partial charge in [0.2, 0.25) is 0 Å². The Hall–Kier alpha value is -4.01. The van der Waals surface area contributed by atoms with Crippen LogP contribution >= 0.6 is 0 Å². The average Bonchev–Trinajstić information content (AvgIpc) is 3.33. The van der Waals surface area contributed by atoms with E-state index in [1.807, 2.05) is 30.3 Å². The molecule has 0 saturated heterocycles. The number of nitrogens with zero attached hydrogens (tertiary/aromatic N) is 4. The minimum Gasteiger partial charge on any atom is -0.305 e. The number of nitro benzene ring substituents is 1. The van der Waals surface area contributed by atoms with Gasteiger partial charge in [0.15, 0.2) is 5.69 Å². The van der Waals surface area contributed by atoms with Gasteiger partial charge >= 0.3 is 0 Å². The van der Waals surface area contributed by atoms with E-state index in [4.69, 9.17) is 0 Å². The van der Waals surface area contributed by atoms with Gasteiger partial charge in [-0.1, -0.05) is 30.3 Å². The van der Waals surface area contributed by atoms with E-state index in [1.165, 1.54) is 23.8 Å². The Morgan fingerprint density at radius 3 is 2.79 bits per heavy atom. The summed E-state index contributed by atoms with van der Waals surface area (Å²) in [7, 11) is 0. The first-order chi connectivity index (χ1) is 13.6. The first kappa shape index (κ1) is 17.4. The fourth-order valence-corrected chi connectivity index (χ4v) is 2.96. The Kier molecular flexibility index (Phi) is 4.55. The number of rotatable bonds is 6. The normalized spacial score (nSPS) is 10.9. The van der Waals surface area contributed by atoms with E-state index < -0.39 is 10.8 Å². The number of carbonyl (C=O) groups excluding carboxylic acids is 1. The molecule has 0 radical (unpaired) electrons. The Bertz CT molecular complexity index is 1150. The van der Waals surface area contributed by atoms with Gasteiger partial charge < -0.3 is 5.32 Å². The predicted octanol–water partition coefficient (Wildman–Crippen LogP) is 3.16. The van der Waals surface area contributed by atoms with E-state index in [-0.39, 0.29) is 11.4 Å². The number of aromatic amines is 1. The molecule has 2 aromatic heterocycles. The molecule has 0 spiro atoms. The highest BCUT2D eigenvalue weighted by molar-refractivity contribution is 6.11. The number of aromatic nitrogens is 4. The van der Waals surface area contributed by atoms with Crippen molar-refractivity contribution in [2.75, 3.05) is 5.32 Å². The molecule has 0 unspecified atom stereocenters. The molecule has 0 fully saturated rings. The molecule has 0 bridgehead atoms. The molecule has 0 aliphatic rings. The van der Waals surface area contributed by atoms with Crippen LogP contribution in [0.3, 0.4) is 0 Å². The third kappa shape index (κ3) is 3.45. The first-order valence-electron chi connectivity index (χ1n) is 8.61. The SMILES string of the molecule is O=C(Nc1ccnn1CCc1ccccc1)c1n[nH]c2ccc([N+](=O)[O-])cc12. The molecule has 0 saturated carbocycles. The molecule has 0 aliphatic carbocycles. The number of benzene rings is 2. The largest absolute Gasteiger partial charge is 0.305 e. The van der Waals surface area contributed by atoms with Crippen LogP contribution in [0, 0.1) is 10.1 Å². The van der Waals surface area contributed by atoms with Crippen LogP contribution in [0.2, 0.25) is 0 Å². The second-order valence-electron chi connectivity index (χ2n) is 6.19. The summed E-state index contributed by atoms with van der Waals surface area (Å²) in [6.07, 6.45) is 2.37. The van der Waals surface area contributed by atoms with Crippen molar-refractivity contribution < 1.29 is 9.72 Å². The van der Waals surface area contributed by atoms with E-state index in [1.54, 1.807) is 16.9 Å². The summed E-state index contributed by atoms with van der Waals surface area (Å²) in [5.41, 5.74) is 1.71. The minimum atomic E-state index is -0.507. The summed E-state index contributed by atoms with van der Waals surface area (Å²) in [6, 6.07) is 15.9. The molecule has 140 valence electrons. The van der Waals surface area contributed by atoms with E-state index in [2.05, 4.69) is 20.6 Å². The Morgan fingerprint density at radius 1 is 1.18 bits per heavy atom. The van der Waals surface area contributed by atoms with Gasteiger partial charge in [-0.05, 0) is 18.1 Å². The highest BCUT2D eigenvalue weighted by atomic mass is 16.6. The number of carbonyl (C=O) groups is 1. The predicted molar refractivity (Wildman–Crippen MR) is 103 cm³/mol. The van der Waals surface area contributed by atoms with Crippen molar-refractivity contribution in [2.24, 2.45) is 0 Å². The fraction of sp³-hybridized carbons (Fsp3) is 0.105. The van der Waals surface area contributed by atoms with Gasteiger partial charge in [0.05, 0.1) is 16.6 Å². The number of nitro groups is 1. The average molecular weight is 376 g/mol. The van der Waals surface area contributed by atoms with Crippen molar-refractivity contribution in [3.8, 4) is 0 Å². The number of amides is 1. The zero-order valence-corrected chi connectivity index (χ0v) is 14.7. The van der Waals surface area contributed by atoms with Gasteiger partial charge in [-0.3, -0.25) is 20.0 Å². The number of hydrogen-bond acceptors (Lipinski definition) is 5. The lowest BCUT2D eigenvalue weighted by molar-refractivity contribution is -0.384. The number of anilines is 1. The molecule has 28 heavy (non-hydrogen) atoms. The smallest absolute Gasteiger partial charge is 0.277 e. The van der Waals surface area contributed by atoms with E-state index >= 15 is 0 Å². The Labute approximate surface area is 159 Å². The molecule has 1 amide bonds.